The van der Waals surface area contributed by atoms with Gasteiger partial charge in [0.25, 0.3) is 0 Å². The predicted molar refractivity (Wildman–Crippen MR) is 81.6 cm³/mol. The minimum atomic E-state index is -0.0194. The lowest BCUT2D eigenvalue weighted by Gasteiger charge is -2.20. The molecule has 0 saturated carbocycles. The monoisotopic (exact) mass is 274 g/mol. The van der Waals surface area contributed by atoms with E-state index in [0.29, 0.717) is 0 Å². The highest BCUT2D eigenvalue weighted by atomic mass is 16.5. The zero-order chi connectivity index (χ0) is 14.4. The number of hydrogen-bond donors (Lipinski definition) is 2. The van der Waals surface area contributed by atoms with Gasteiger partial charge < -0.3 is 15.4 Å². The lowest BCUT2D eigenvalue weighted by Crippen LogP contribution is -2.23. The number of anilines is 2. The van der Waals surface area contributed by atoms with E-state index < -0.39 is 0 Å². The van der Waals surface area contributed by atoms with Crippen molar-refractivity contribution in [2.24, 2.45) is 5.92 Å². The number of hydrogen-bond acceptors (Lipinski definition) is 3. The maximum Gasteiger partial charge on any atom is 0.226 e. The van der Waals surface area contributed by atoms with Crippen LogP contribution in [0.1, 0.15) is 26.7 Å². The molecule has 1 atom stereocenters. The van der Waals surface area contributed by atoms with Crippen LogP contribution in [-0.4, -0.2) is 18.6 Å². The van der Waals surface area contributed by atoms with E-state index >= 15 is 0 Å². The van der Waals surface area contributed by atoms with Crippen molar-refractivity contribution in [1.29, 1.82) is 0 Å². The Bertz CT molecular complexity index is 483. The molecule has 1 aromatic carbocycles. The first-order chi connectivity index (χ1) is 9.65. The second kappa shape index (κ2) is 6.98. The molecular weight excluding hydrogens is 252 g/mol. The highest BCUT2D eigenvalue weighted by molar-refractivity contribution is 5.92. The van der Waals surface area contributed by atoms with Gasteiger partial charge in [-0.2, -0.15) is 0 Å². The van der Waals surface area contributed by atoms with Crippen molar-refractivity contribution in [3.63, 3.8) is 0 Å². The molecule has 1 aliphatic rings. The second-order valence-electron chi connectivity index (χ2n) is 5.31. The molecule has 20 heavy (non-hydrogen) atoms. The van der Waals surface area contributed by atoms with Crippen LogP contribution in [0.15, 0.2) is 36.6 Å². The van der Waals surface area contributed by atoms with Gasteiger partial charge in [-0.3, -0.25) is 4.79 Å². The van der Waals surface area contributed by atoms with Gasteiger partial charge in [-0.1, -0.05) is 19.9 Å². The Kier molecular flexibility index (Phi) is 5.04. The molecule has 4 nitrogen and oxygen atoms in total. The standard InChI is InChI=1S/C16H22N2O2/c1-12(2)16(19)18-14-7-5-6-13(10-14)17-11-15-8-3-4-9-20-15/h4-7,9-10,12,15,17H,3,8,11H2,1-2H3,(H,18,19). The summed E-state index contributed by atoms with van der Waals surface area (Å²) in [6.07, 6.45) is 6.13. The van der Waals surface area contributed by atoms with Crippen molar-refractivity contribution in [2.75, 3.05) is 17.2 Å². The molecule has 2 rings (SSSR count). The van der Waals surface area contributed by atoms with Gasteiger partial charge in [0.2, 0.25) is 5.91 Å². The van der Waals surface area contributed by atoms with E-state index in [1.165, 1.54) is 0 Å². The van der Waals surface area contributed by atoms with Crippen molar-refractivity contribution in [1.82, 2.24) is 0 Å². The van der Waals surface area contributed by atoms with E-state index in [0.717, 1.165) is 30.8 Å². The van der Waals surface area contributed by atoms with Gasteiger partial charge >= 0.3 is 0 Å². The van der Waals surface area contributed by atoms with Crippen molar-refractivity contribution in [3.8, 4) is 0 Å². The first kappa shape index (κ1) is 14.4. The first-order valence-electron chi connectivity index (χ1n) is 7.10. The average Bonchev–Trinajstić information content (AvgIpc) is 2.46. The molecule has 108 valence electrons. The normalized spacial score (nSPS) is 17.6. The maximum absolute atomic E-state index is 11.7. The molecule has 2 N–H and O–H groups in total. The lowest BCUT2D eigenvalue weighted by molar-refractivity contribution is -0.118. The van der Waals surface area contributed by atoms with Gasteiger partial charge in [0.15, 0.2) is 0 Å². The third kappa shape index (κ3) is 4.30. The summed E-state index contributed by atoms with van der Waals surface area (Å²) in [5.74, 6) is 0.0111. The van der Waals surface area contributed by atoms with Gasteiger partial charge in [-0.25, -0.2) is 0 Å². The maximum atomic E-state index is 11.7. The average molecular weight is 274 g/mol. The van der Waals surface area contributed by atoms with Crippen LogP contribution in [0.5, 0.6) is 0 Å². The van der Waals surface area contributed by atoms with E-state index in [9.17, 15) is 4.79 Å². The minimum Gasteiger partial charge on any atom is -0.497 e. The Morgan fingerprint density at radius 3 is 2.90 bits per heavy atom. The summed E-state index contributed by atoms with van der Waals surface area (Å²) in [5.41, 5.74) is 1.81. The van der Waals surface area contributed by atoms with Crippen LogP contribution in [0, 0.1) is 5.92 Å². The summed E-state index contributed by atoms with van der Waals surface area (Å²) in [4.78, 5) is 11.7. The Morgan fingerprint density at radius 1 is 1.40 bits per heavy atom. The van der Waals surface area contributed by atoms with Gasteiger partial charge in [-0.05, 0) is 37.1 Å². The molecule has 4 heteroatoms. The summed E-state index contributed by atoms with van der Waals surface area (Å²) >= 11 is 0. The highest BCUT2D eigenvalue weighted by Gasteiger charge is 2.11. The molecule has 0 aromatic heterocycles. The topological polar surface area (TPSA) is 50.4 Å². The van der Waals surface area contributed by atoms with E-state index in [1.54, 1.807) is 6.26 Å². The van der Waals surface area contributed by atoms with Crippen LogP contribution in [0.3, 0.4) is 0 Å². The first-order valence-corrected chi connectivity index (χ1v) is 7.10. The quantitative estimate of drug-likeness (QED) is 0.865. The zero-order valence-corrected chi connectivity index (χ0v) is 12.1. The number of carbonyl (C=O) groups excluding carboxylic acids is 1. The smallest absolute Gasteiger partial charge is 0.226 e. The Labute approximate surface area is 120 Å². The van der Waals surface area contributed by atoms with E-state index in [-0.39, 0.29) is 17.9 Å². The molecule has 1 heterocycles. The molecule has 1 unspecified atom stereocenters. The van der Waals surface area contributed by atoms with Gasteiger partial charge in [0.1, 0.15) is 6.10 Å². The van der Waals surface area contributed by atoms with Crippen LogP contribution in [0.4, 0.5) is 11.4 Å². The number of amides is 1. The number of benzene rings is 1. The van der Waals surface area contributed by atoms with E-state index in [1.807, 2.05) is 44.2 Å². The molecule has 1 aliphatic heterocycles. The van der Waals surface area contributed by atoms with Crippen molar-refractivity contribution < 1.29 is 9.53 Å². The molecule has 0 radical (unpaired) electrons. The minimum absolute atomic E-state index is 0.0194. The SMILES string of the molecule is CC(C)C(=O)Nc1cccc(NCC2CCC=CO2)c1. The van der Waals surface area contributed by atoms with E-state index in [2.05, 4.69) is 10.6 Å². The summed E-state index contributed by atoms with van der Waals surface area (Å²) < 4.78 is 5.51. The molecular formula is C16H22N2O2. The number of carbonyl (C=O) groups is 1. The highest BCUT2D eigenvalue weighted by Crippen LogP contribution is 2.17. The summed E-state index contributed by atoms with van der Waals surface area (Å²) in [6, 6.07) is 7.76. The van der Waals surface area contributed by atoms with Crippen LogP contribution in [0.25, 0.3) is 0 Å². The van der Waals surface area contributed by atoms with E-state index in [4.69, 9.17) is 4.74 Å². The molecule has 0 fully saturated rings. The van der Waals surface area contributed by atoms with Crippen molar-refractivity contribution in [3.05, 3.63) is 36.6 Å². The summed E-state index contributed by atoms with van der Waals surface area (Å²) in [7, 11) is 0. The van der Waals surface area contributed by atoms with Crippen LogP contribution in [-0.2, 0) is 9.53 Å². The summed E-state index contributed by atoms with van der Waals surface area (Å²) in [5, 5.41) is 6.25. The van der Waals surface area contributed by atoms with Crippen molar-refractivity contribution >= 4 is 17.3 Å². The Hall–Kier alpha value is -1.97. The zero-order valence-electron chi connectivity index (χ0n) is 12.1. The third-order valence-electron chi connectivity index (χ3n) is 3.21. The Morgan fingerprint density at radius 2 is 2.20 bits per heavy atom. The molecule has 0 aliphatic carbocycles. The van der Waals surface area contributed by atoms with Gasteiger partial charge in [0.05, 0.1) is 12.8 Å². The second-order valence-corrected chi connectivity index (χ2v) is 5.31. The summed E-state index contributed by atoms with van der Waals surface area (Å²) in [6.45, 7) is 4.53. The lowest BCUT2D eigenvalue weighted by atomic mass is 10.1. The van der Waals surface area contributed by atoms with Crippen LogP contribution >= 0.6 is 0 Å². The van der Waals surface area contributed by atoms with Gasteiger partial charge in [-0.15, -0.1) is 0 Å². The number of nitrogens with one attached hydrogen (secondary N) is 2. The van der Waals surface area contributed by atoms with Crippen molar-refractivity contribution in [2.45, 2.75) is 32.8 Å². The van der Waals surface area contributed by atoms with Gasteiger partial charge in [0, 0.05) is 17.3 Å². The fourth-order valence-corrected chi connectivity index (χ4v) is 1.96. The predicted octanol–water partition coefficient (Wildman–Crippen LogP) is 3.39. The number of rotatable bonds is 5. The number of ether oxygens (including phenoxy) is 1. The third-order valence-corrected chi connectivity index (χ3v) is 3.21. The molecule has 1 aromatic rings. The fourth-order valence-electron chi connectivity index (χ4n) is 1.96. The molecule has 0 bridgehead atoms. The largest absolute Gasteiger partial charge is 0.497 e. The molecule has 0 saturated heterocycles. The Balaban J connectivity index is 1.88. The molecule has 0 spiro atoms. The van der Waals surface area contributed by atoms with Crippen LogP contribution in [0.2, 0.25) is 0 Å². The number of allylic oxidation sites excluding steroid dienone is 1. The molecule has 1 amide bonds. The van der Waals surface area contributed by atoms with Crippen LogP contribution < -0.4 is 10.6 Å². The fraction of sp³-hybridized carbons (Fsp3) is 0.438.